The van der Waals surface area contributed by atoms with Crippen LogP contribution in [0.1, 0.15) is 12.6 Å². The number of nitrogens with zero attached hydrogens (tertiary/aromatic N) is 3. The normalized spacial score (nSPS) is 11.8. The van der Waals surface area contributed by atoms with Crippen molar-refractivity contribution >= 4 is 12.0 Å². The quantitative estimate of drug-likeness (QED) is 0.852. The summed E-state index contributed by atoms with van der Waals surface area (Å²) in [5.41, 5.74) is 0.925. The van der Waals surface area contributed by atoms with Crippen LogP contribution in [-0.2, 0) is 11.2 Å². The number of carboxylic acids is 1. The van der Waals surface area contributed by atoms with Gasteiger partial charge in [-0.1, -0.05) is 13.0 Å². The Morgan fingerprint density at radius 3 is 2.55 bits per heavy atom. The molecule has 1 N–H and O–H groups in total. The third-order valence-corrected chi connectivity index (χ3v) is 3.05. The van der Waals surface area contributed by atoms with Crippen LogP contribution < -0.4 is 0 Å². The number of amides is 2. The lowest BCUT2D eigenvalue weighted by molar-refractivity contribution is -0.141. The van der Waals surface area contributed by atoms with E-state index < -0.39 is 11.9 Å². The number of hydrogen-bond acceptors (Lipinski definition) is 3. The zero-order valence-corrected chi connectivity index (χ0v) is 12.1. The first-order valence-electron chi connectivity index (χ1n) is 6.50. The lowest BCUT2D eigenvalue weighted by Gasteiger charge is -2.26. The Kier molecular flexibility index (Phi) is 5.96. The first-order valence-corrected chi connectivity index (χ1v) is 6.50. The van der Waals surface area contributed by atoms with Gasteiger partial charge in [-0.15, -0.1) is 0 Å². The predicted molar refractivity (Wildman–Crippen MR) is 75.4 cm³/mol. The van der Waals surface area contributed by atoms with Gasteiger partial charge in [-0.2, -0.15) is 0 Å². The molecule has 6 heteroatoms. The lowest BCUT2D eigenvalue weighted by Crippen LogP contribution is -2.42. The minimum absolute atomic E-state index is 0.186. The van der Waals surface area contributed by atoms with Crippen molar-refractivity contribution in [2.24, 2.45) is 5.92 Å². The van der Waals surface area contributed by atoms with Crippen LogP contribution in [0.2, 0.25) is 0 Å². The molecule has 0 aliphatic rings. The Labute approximate surface area is 119 Å². The zero-order chi connectivity index (χ0) is 15.1. The molecule has 2 amide bonds. The number of aromatic nitrogens is 1. The Bertz CT molecular complexity index is 450. The van der Waals surface area contributed by atoms with Crippen molar-refractivity contribution in [1.82, 2.24) is 14.8 Å². The highest BCUT2D eigenvalue weighted by atomic mass is 16.4. The highest BCUT2D eigenvalue weighted by Gasteiger charge is 2.19. The molecule has 0 aliphatic heterocycles. The maximum Gasteiger partial charge on any atom is 0.319 e. The van der Waals surface area contributed by atoms with Crippen molar-refractivity contribution in [2.75, 3.05) is 27.2 Å². The van der Waals surface area contributed by atoms with Crippen molar-refractivity contribution in [3.8, 4) is 0 Å². The van der Waals surface area contributed by atoms with Crippen molar-refractivity contribution in [3.05, 3.63) is 30.1 Å². The molecule has 0 saturated heterocycles. The first kappa shape index (κ1) is 15.9. The van der Waals surface area contributed by atoms with Gasteiger partial charge in [0.05, 0.1) is 5.92 Å². The molecule has 0 spiro atoms. The molecule has 1 unspecified atom stereocenters. The van der Waals surface area contributed by atoms with Crippen molar-refractivity contribution in [2.45, 2.75) is 13.3 Å². The van der Waals surface area contributed by atoms with Gasteiger partial charge in [0.2, 0.25) is 0 Å². The van der Waals surface area contributed by atoms with Crippen molar-refractivity contribution in [1.29, 1.82) is 0 Å². The molecule has 0 saturated carbocycles. The van der Waals surface area contributed by atoms with E-state index in [2.05, 4.69) is 4.98 Å². The van der Waals surface area contributed by atoms with Gasteiger partial charge in [-0.3, -0.25) is 9.78 Å². The van der Waals surface area contributed by atoms with Crippen LogP contribution >= 0.6 is 0 Å². The Morgan fingerprint density at radius 2 is 2.00 bits per heavy atom. The molecule has 0 radical (unpaired) electrons. The highest BCUT2D eigenvalue weighted by Crippen LogP contribution is 2.03. The minimum atomic E-state index is -0.902. The smallest absolute Gasteiger partial charge is 0.319 e. The van der Waals surface area contributed by atoms with Crippen LogP contribution in [0.3, 0.4) is 0 Å². The second-order valence-electron chi connectivity index (χ2n) is 4.90. The molecular formula is C14H21N3O3. The van der Waals surface area contributed by atoms with Crippen molar-refractivity contribution in [3.63, 3.8) is 0 Å². The van der Waals surface area contributed by atoms with Gasteiger partial charge >= 0.3 is 12.0 Å². The van der Waals surface area contributed by atoms with E-state index >= 15 is 0 Å². The summed E-state index contributed by atoms with van der Waals surface area (Å²) in [7, 11) is 3.31. The van der Waals surface area contributed by atoms with Crippen LogP contribution in [-0.4, -0.2) is 59.1 Å². The van der Waals surface area contributed by atoms with E-state index in [1.807, 2.05) is 18.2 Å². The molecule has 110 valence electrons. The molecule has 1 atom stereocenters. The Morgan fingerprint density at radius 1 is 1.30 bits per heavy atom. The molecule has 0 aromatic carbocycles. The number of urea groups is 1. The summed E-state index contributed by atoms with van der Waals surface area (Å²) in [6, 6.07) is 5.48. The summed E-state index contributed by atoms with van der Waals surface area (Å²) in [4.78, 5) is 30.0. The van der Waals surface area contributed by atoms with Gasteiger partial charge in [0.25, 0.3) is 0 Å². The van der Waals surface area contributed by atoms with Crippen LogP contribution in [0.15, 0.2) is 24.4 Å². The largest absolute Gasteiger partial charge is 0.481 e. The molecule has 6 nitrogen and oxygen atoms in total. The maximum atomic E-state index is 12.1. The predicted octanol–water partition coefficient (Wildman–Crippen LogP) is 1.33. The van der Waals surface area contributed by atoms with Crippen LogP contribution in [0.4, 0.5) is 4.79 Å². The molecule has 1 aromatic heterocycles. The average molecular weight is 279 g/mol. The van der Waals surface area contributed by atoms with E-state index in [-0.39, 0.29) is 12.6 Å². The molecular weight excluding hydrogens is 258 g/mol. The number of pyridine rings is 1. The molecule has 20 heavy (non-hydrogen) atoms. The summed E-state index contributed by atoms with van der Waals surface area (Å²) in [6.45, 7) is 2.32. The molecule has 1 aromatic rings. The third kappa shape index (κ3) is 4.87. The summed E-state index contributed by atoms with van der Waals surface area (Å²) < 4.78 is 0. The van der Waals surface area contributed by atoms with Crippen LogP contribution in [0.25, 0.3) is 0 Å². The van der Waals surface area contributed by atoms with Crippen molar-refractivity contribution < 1.29 is 14.7 Å². The van der Waals surface area contributed by atoms with E-state index in [9.17, 15) is 9.59 Å². The van der Waals surface area contributed by atoms with E-state index in [1.165, 1.54) is 4.90 Å². The van der Waals surface area contributed by atoms with E-state index in [0.717, 1.165) is 5.69 Å². The average Bonchev–Trinajstić information content (AvgIpc) is 2.44. The number of carbonyl (C=O) groups is 2. The summed E-state index contributed by atoms with van der Waals surface area (Å²) in [5.74, 6) is -1.48. The second kappa shape index (κ2) is 7.47. The third-order valence-electron chi connectivity index (χ3n) is 3.05. The topological polar surface area (TPSA) is 73.7 Å². The Balaban J connectivity index is 2.44. The van der Waals surface area contributed by atoms with Gasteiger partial charge in [0.1, 0.15) is 0 Å². The van der Waals surface area contributed by atoms with Gasteiger partial charge < -0.3 is 14.9 Å². The summed E-state index contributed by atoms with van der Waals surface area (Å²) in [5, 5.41) is 8.84. The molecule has 1 heterocycles. The minimum Gasteiger partial charge on any atom is -0.481 e. The zero-order valence-electron chi connectivity index (χ0n) is 12.1. The Hall–Kier alpha value is -2.11. The van der Waals surface area contributed by atoms with E-state index in [1.54, 1.807) is 32.1 Å². The van der Waals surface area contributed by atoms with Crippen LogP contribution in [0, 0.1) is 5.92 Å². The van der Waals surface area contributed by atoms with Gasteiger partial charge in [-0.05, 0) is 12.1 Å². The summed E-state index contributed by atoms with van der Waals surface area (Å²) >= 11 is 0. The number of carboxylic acid groups (broad SMARTS) is 1. The van der Waals surface area contributed by atoms with Crippen LogP contribution in [0.5, 0.6) is 0 Å². The number of carbonyl (C=O) groups excluding carboxylic acids is 1. The fourth-order valence-corrected chi connectivity index (χ4v) is 1.78. The first-order chi connectivity index (χ1) is 9.41. The van der Waals surface area contributed by atoms with Gasteiger partial charge in [-0.25, -0.2) is 4.79 Å². The fraction of sp³-hybridized carbons (Fsp3) is 0.500. The molecule has 1 rings (SSSR count). The van der Waals surface area contributed by atoms with Gasteiger partial charge in [0, 0.05) is 45.5 Å². The lowest BCUT2D eigenvalue weighted by atomic mass is 10.2. The monoisotopic (exact) mass is 279 g/mol. The van der Waals surface area contributed by atoms with E-state index in [4.69, 9.17) is 5.11 Å². The highest BCUT2D eigenvalue weighted by molar-refractivity contribution is 5.75. The molecule has 0 aliphatic carbocycles. The standard InChI is InChI=1S/C14H21N3O3/c1-11(13(18)19)10-17(3)14(20)16(2)9-7-12-6-4-5-8-15-12/h4-6,8,11H,7,9-10H2,1-3H3,(H,18,19). The number of rotatable bonds is 6. The molecule has 0 bridgehead atoms. The fourth-order valence-electron chi connectivity index (χ4n) is 1.78. The molecule has 0 fully saturated rings. The number of aliphatic carboxylic acids is 1. The SMILES string of the molecule is CC(CN(C)C(=O)N(C)CCc1ccccn1)C(=O)O. The second-order valence-corrected chi connectivity index (χ2v) is 4.90. The maximum absolute atomic E-state index is 12.1. The van der Waals surface area contributed by atoms with Gasteiger partial charge in [0.15, 0.2) is 0 Å². The number of likely N-dealkylation sites (N-methyl/N-ethyl adjacent to an activating group) is 1. The summed E-state index contributed by atoms with van der Waals surface area (Å²) in [6.07, 6.45) is 2.39. The van der Waals surface area contributed by atoms with E-state index in [0.29, 0.717) is 13.0 Å². The number of hydrogen-bond donors (Lipinski definition) is 1.